The Morgan fingerprint density at radius 2 is 1.88 bits per heavy atom. The Labute approximate surface area is 158 Å². The first-order valence-corrected chi connectivity index (χ1v) is 10.7. The SMILES string of the molecule is CC1CCCCC1NC(=O)C1CCCN1c1nnc(N2CCCC2=O)s1. The van der Waals surface area contributed by atoms with Crippen LogP contribution in [-0.2, 0) is 9.59 Å². The highest BCUT2D eigenvalue weighted by atomic mass is 32.1. The van der Waals surface area contributed by atoms with Gasteiger partial charge in [0.2, 0.25) is 22.1 Å². The molecule has 0 spiro atoms. The second-order valence-corrected chi connectivity index (χ2v) is 8.68. The van der Waals surface area contributed by atoms with Crippen molar-refractivity contribution >= 4 is 33.4 Å². The molecule has 3 heterocycles. The van der Waals surface area contributed by atoms with E-state index < -0.39 is 0 Å². The molecule has 3 aliphatic rings. The van der Waals surface area contributed by atoms with Crippen molar-refractivity contribution < 1.29 is 9.59 Å². The highest BCUT2D eigenvalue weighted by Gasteiger charge is 2.36. The summed E-state index contributed by atoms with van der Waals surface area (Å²) in [5.41, 5.74) is 0. The zero-order chi connectivity index (χ0) is 18.1. The van der Waals surface area contributed by atoms with E-state index in [4.69, 9.17) is 0 Å². The minimum Gasteiger partial charge on any atom is -0.351 e. The Bertz CT molecular complexity index is 678. The normalized spacial score (nSPS) is 29.4. The van der Waals surface area contributed by atoms with Gasteiger partial charge in [-0.25, -0.2) is 0 Å². The molecule has 0 radical (unpaired) electrons. The number of hydrogen-bond acceptors (Lipinski definition) is 6. The number of nitrogens with zero attached hydrogens (tertiary/aromatic N) is 4. The standard InChI is InChI=1S/C18H27N5O2S/c1-12-6-2-3-7-13(12)19-16(25)14-8-4-10-22(14)17-20-21-18(26-17)23-11-5-9-15(23)24/h12-14H,2-11H2,1H3,(H,19,25). The molecule has 1 aromatic heterocycles. The molecule has 2 saturated heterocycles. The van der Waals surface area contributed by atoms with Gasteiger partial charge in [-0.05, 0) is 38.0 Å². The Balaban J connectivity index is 1.44. The minimum atomic E-state index is -0.167. The zero-order valence-electron chi connectivity index (χ0n) is 15.3. The summed E-state index contributed by atoms with van der Waals surface area (Å²) in [5.74, 6) is 0.793. The fraction of sp³-hybridized carbons (Fsp3) is 0.778. The quantitative estimate of drug-likeness (QED) is 0.871. The van der Waals surface area contributed by atoms with Crippen LogP contribution in [0.15, 0.2) is 0 Å². The molecular formula is C18H27N5O2S. The molecule has 0 bridgehead atoms. The van der Waals surface area contributed by atoms with Gasteiger partial charge in [0, 0.05) is 25.6 Å². The molecule has 3 fully saturated rings. The van der Waals surface area contributed by atoms with Gasteiger partial charge < -0.3 is 10.2 Å². The predicted molar refractivity (Wildman–Crippen MR) is 101 cm³/mol. The Hall–Kier alpha value is -1.70. The topological polar surface area (TPSA) is 78.4 Å². The number of nitrogens with one attached hydrogen (secondary N) is 1. The van der Waals surface area contributed by atoms with Crippen LogP contribution in [0.5, 0.6) is 0 Å². The van der Waals surface area contributed by atoms with Crippen LogP contribution in [-0.4, -0.2) is 47.2 Å². The van der Waals surface area contributed by atoms with E-state index in [1.165, 1.54) is 30.6 Å². The molecule has 0 aromatic carbocycles. The van der Waals surface area contributed by atoms with Crippen LogP contribution in [0.3, 0.4) is 0 Å². The van der Waals surface area contributed by atoms with Crippen molar-refractivity contribution in [2.24, 2.45) is 5.92 Å². The van der Waals surface area contributed by atoms with Gasteiger partial charge in [-0.2, -0.15) is 0 Å². The molecule has 4 rings (SSSR count). The first-order chi connectivity index (χ1) is 12.6. The van der Waals surface area contributed by atoms with Crippen molar-refractivity contribution in [3.8, 4) is 0 Å². The van der Waals surface area contributed by atoms with Crippen molar-refractivity contribution in [2.45, 2.75) is 70.4 Å². The van der Waals surface area contributed by atoms with E-state index in [9.17, 15) is 9.59 Å². The molecule has 8 heteroatoms. The number of anilines is 2. The van der Waals surface area contributed by atoms with Crippen LogP contribution in [0.1, 0.15) is 58.3 Å². The third kappa shape index (κ3) is 3.43. The van der Waals surface area contributed by atoms with Crippen LogP contribution >= 0.6 is 11.3 Å². The largest absolute Gasteiger partial charge is 0.351 e. The molecule has 7 nitrogen and oxygen atoms in total. The van der Waals surface area contributed by atoms with E-state index in [0.29, 0.717) is 23.5 Å². The summed E-state index contributed by atoms with van der Waals surface area (Å²) in [6.45, 7) is 3.78. The molecule has 1 aliphatic carbocycles. The van der Waals surface area contributed by atoms with Crippen LogP contribution in [0.4, 0.5) is 10.3 Å². The van der Waals surface area contributed by atoms with Gasteiger partial charge >= 0.3 is 0 Å². The van der Waals surface area contributed by atoms with Gasteiger partial charge in [-0.1, -0.05) is 31.1 Å². The summed E-state index contributed by atoms with van der Waals surface area (Å²) in [6, 6.07) is 0.130. The second-order valence-electron chi connectivity index (χ2n) is 7.74. The first-order valence-electron chi connectivity index (χ1n) is 9.84. The molecule has 1 N–H and O–H groups in total. The summed E-state index contributed by atoms with van der Waals surface area (Å²) >= 11 is 1.43. The van der Waals surface area contributed by atoms with Gasteiger partial charge in [0.05, 0.1) is 0 Å². The van der Waals surface area contributed by atoms with Crippen molar-refractivity contribution in [1.29, 1.82) is 0 Å². The van der Waals surface area contributed by atoms with Crippen molar-refractivity contribution in [1.82, 2.24) is 15.5 Å². The van der Waals surface area contributed by atoms with Gasteiger partial charge in [0.25, 0.3) is 0 Å². The lowest BCUT2D eigenvalue weighted by Crippen LogP contribution is -2.49. The van der Waals surface area contributed by atoms with E-state index in [2.05, 4.69) is 27.3 Å². The summed E-state index contributed by atoms with van der Waals surface area (Å²) in [5, 5.41) is 13.2. The number of aromatic nitrogens is 2. The molecule has 2 aliphatic heterocycles. The van der Waals surface area contributed by atoms with Crippen molar-refractivity contribution in [2.75, 3.05) is 22.9 Å². The molecule has 26 heavy (non-hydrogen) atoms. The van der Waals surface area contributed by atoms with Crippen LogP contribution in [0, 0.1) is 5.92 Å². The highest BCUT2D eigenvalue weighted by molar-refractivity contribution is 7.19. The van der Waals surface area contributed by atoms with Crippen LogP contribution in [0.25, 0.3) is 0 Å². The van der Waals surface area contributed by atoms with Gasteiger partial charge in [0.1, 0.15) is 6.04 Å². The van der Waals surface area contributed by atoms with E-state index >= 15 is 0 Å². The van der Waals surface area contributed by atoms with Crippen LogP contribution < -0.4 is 15.1 Å². The average Bonchev–Trinajstić information content (AvgIpc) is 3.35. The lowest BCUT2D eigenvalue weighted by Gasteiger charge is -2.32. The number of carbonyl (C=O) groups excluding carboxylic acids is 2. The zero-order valence-corrected chi connectivity index (χ0v) is 16.1. The summed E-state index contributed by atoms with van der Waals surface area (Å²) in [6.07, 6.45) is 8.05. The van der Waals surface area contributed by atoms with Gasteiger partial charge in [-0.3, -0.25) is 14.5 Å². The molecule has 1 saturated carbocycles. The van der Waals surface area contributed by atoms with E-state index in [1.54, 1.807) is 4.90 Å². The number of amides is 2. The van der Waals surface area contributed by atoms with E-state index in [-0.39, 0.29) is 17.9 Å². The summed E-state index contributed by atoms with van der Waals surface area (Å²) in [7, 11) is 0. The van der Waals surface area contributed by atoms with Crippen molar-refractivity contribution in [3.05, 3.63) is 0 Å². The van der Waals surface area contributed by atoms with Crippen LogP contribution in [0.2, 0.25) is 0 Å². The lowest BCUT2D eigenvalue weighted by atomic mass is 9.86. The second kappa shape index (κ2) is 7.50. The summed E-state index contributed by atoms with van der Waals surface area (Å²) in [4.78, 5) is 28.6. The highest BCUT2D eigenvalue weighted by Crippen LogP contribution is 2.34. The monoisotopic (exact) mass is 377 g/mol. The third-order valence-electron chi connectivity index (χ3n) is 5.95. The maximum Gasteiger partial charge on any atom is 0.243 e. The van der Waals surface area contributed by atoms with Gasteiger partial charge in [-0.15, -0.1) is 10.2 Å². The molecule has 3 unspecified atom stereocenters. The van der Waals surface area contributed by atoms with E-state index in [0.717, 1.165) is 43.9 Å². The maximum atomic E-state index is 12.9. The fourth-order valence-electron chi connectivity index (χ4n) is 4.36. The minimum absolute atomic E-state index is 0.120. The van der Waals surface area contributed by atoms with Crippen molar-refractivity contribution in [3.63, 3.8) is 0 Å². The smallest absolute Gasteiger partial charge is 0.243 e. The average molecular weight is 378 g/mol. The molecule has 3 atom stereocenters. The molecule has 142 valence electrons. The Morgan fingerprint density at radius 3 is 2.65 bits per heavy atom. The fourth-order valence-corrected chi connectivity index (χ4v) is 5.33. The predicted octanol–water partition coefficient (Wildman–Crippen LogP) is 2.33. The van der Waals surface area contributed by atoms with E-state index in [1.807, 2.05) is 0 Å². The lowest BCUT2D eigenvalue weighted by molar-refractivity contribution is -0.123. The first kappa shape index (κ1) is 17.7. The number of carbonyl (C=O) groups is 2. The van der Waals surface area contributed by atoms with Gasteiger partial charge in [0.15, 0.2) is 0 Å². The maximum absolute atomic E-state index is 12.9. The molecule has 1 aromatic rings. The number of rotatable bonds is 4. The molecular weight excluding hydrogens is 350 g/mol. The summed E-state index contributed by atoms with van der Waals surface area (Å²) < 4.78 is 0. The third-order valence-corrected chi connectivity index (χ3v) is 6.93. The Kier molecular flexibility index (Phi) is 5.11. The number of hydrogen-bond donors (Lipinski definition) is 1. The molecule has 2 amide bonds. The Morgan fingerprint density at radius 1 is 1.08 bits per heavy atom.